The van der Waals surface area contributed by atoms with Crippen LogP contribution in [0.5, 0.6) is 0 Å². The van der Waals surface area contributed by atoms with Crippen LogP contribution < -0.4 is 5.73 Å². The monoisotopic (exact) mass is 301 g/mol. The molecule has 0 spiro atoms. The SMILES string of the molecule is CC1(Cn2cncc2[C@H](N)Cc2ccccc2)CCCS1. The molecular weight excluding hydrogens is 278 g/mol. The van der Waals surface area contributed by atoms with Crippen molar-refractivity contribution in [2.45, 2.75) is 43.5 Å². The lowest BCUT2D eigenvalue weighted by Gasteiger charge is -2.25. The molecule has 1 aliphatic heterocycles. The summed E-state index contributed by atoms with van der Waals surface area (Å²) in [6.07, 6.45) is 7.32. The number of benzene rings is 1. The first-order valence-corrected chi connectivity index (χ1v) is 8.58. The molecule has 0 saturated carbocycles. The fraction of sp³-hybridized carbons (Fsp3) is 0.471. The highest BCUT2D eigenvalue weighted by Crippen LogP contribution is 2.39. The van der Waals surface area contributed by atoms with Crippen LogP contribution >= 0.6 is 11.8 Å². The molecule has 0 radical (unpaired) electrons. The van der Waals surface area contributed by atoms with E-state index in [-0.39, 0.29) is 6.04 Å². The van der Waals surface area contributed by atoms with Crippen molar-refractivity contribution in [3.05, 3.63) is 54.1 Å². The van der Waals surface area contributed by atoms with E-state index in [1.54, 1.807) is 0 Å². The molecule has 3 rings (SSSR count). The standard InChI is InChI=1S/C17H23N3S/c1-17(8-5-9-21-17)12-20-13-19-11-16(20)15(18)10-14-6-3-2-4-7-14/h2-4,6-7,11,13,15H,5,8-10,12,18H2,1H3/t15-,17?/m1/s1. The summed E-state index contributed by atoms with van der Waals surface area (Å²) < 4.78 is 2.59. The smallest absolute Gasteiger partial charge is 0.0949 e. The maximum absolute atomic E-state index is 6.42. The molecule has 112 valence electrons. The molecule has 2 aromatic rings. The highest BCUT2D eigenvalue weighted by molar-refractivity contribution is 8.00. The molecule has 0 amide bonds. The second-order valence-corrected chi connectivity index (χ2v) is 7.83. The molecule has 0 aliphatic carbocycles. The molecule has 1 aromatic carbocycles. The van der Waals surface area contributed by atoms with Crippen LogP contribution in [-0.4, -0.2) is 20.1 Å². The largest absolute Gasteiger partial charge is 0.332 e. The summed E-state index contributed by atoms with van der Waals surface area (Å²) in [4.78, 5) is 4.33. The van der Waals surface area contributed by atoms with E-state index >= 15 is 0 Å². The third kappa shape index (κ3) is 3.50. The van der Waals surface area contributed by atoms with Gasteiger partial charge in [0.1, 0.15) is 0 Å². The normalized spacial score (nSPS) is 23.3. The van der Waals surface area contributed by atoms with E-state index in [1.165, 1.54) is 24.2 Å². The van der Waals surface area contributed by atoms with Gasteiger partial charge in [0.25, 0.3) is 0 Å². The van der Waals surface area contributed by atoms with E-state index in [0.717, 1.165) is 18.7 Å². The Morgan fingerprint density at radius 1 is 1.38 bits per heavy atom. The molecule has 1 unspecified atom stereocenters. The lowest BCUT2D eigenvalue weighted by Crippen LogP contribution is -2.26. The number of imidazole rings is 1. The van der Waals surface area contributed by atoms with Crippen LogP contribution in [0.2, 0.25) is 0 Å². The van der Waals surface area contributed by atoms with Gasteiger partial charge in [-0.05, 0) is 37.5 Å². The van der Waals surface area contributed by atoms with Crippen molar-refractivity contribution in [3.63, 3.8) is 0 Å². The van der Waals surface area contributed by atoms with E-state index < -0.39 is 0 Å². The van der Waals surface area contributed by atoms with Gasteiger partial charge in [-0.1, -0.05) is 30.3 Å². The van der Waals surface area contributed by atoms with E-state index in [2.05, 4.69) is 52.5 Å². The quantitative estimate of drug-likeness (QED) is 0.920. The zero-order valence-electron chi connectivity index (χ0n) is 12.5. The van der Waals surface area contributed by atoms with E-state index in [9.17, 15) is 0 Å². The summed E-state index contributed by atoms with van der Waals surface area (Å²) in [7, 11) is 0. The summed E-state index contributed by atoms with van der Waals surface area (Å²) in [6.45, 7) is 3.37. The molecule has 2 N–H and O–H groups in total. The van der Waals surface area contributed by atoms with Crippen LogP contribution in [0.3, 0.4) is 0 Å². The Morgan fingerprint density at radius 2 is 2.19 bits per heavy atom. The number of hydrogen-bond donors (Lipinski definition) is 1. The van der Waals surface area contributed by atoms with Gasteiger partial charge >= 0.3 is 0 Å². The van der Waals surface area contributed by atoms with E-state index in [1.807, 2.05) is 18.6 Å². The minimum atomic E-state index is 0.00454. The Balaban J connectivity index is 1.72. The summed E-state index contributed by atoms with van der Waals surface area (Å²) >= 11 is 2.08. The van der Waals surface area contributed by atoms with Crippen LogP contribution in [-0.2, 0) is 13.0 Å². The predicted molar refractivity (Wildman–Crippen MR) is 89.4 cm³/mol. The van der Waals surface area contributed by atoms with E-state index in [4.69, 9.17) is 5.73 Å². The zero-order chi connectivity index (χ0) is 14.7. The van der Waals surface area contributed by atoms with Crippen LogP contribution in [0.1, 0.15) is 37.1 Å². The molecule has 2 heterocycles. The molecular formula is C17H23N3S. The van der Waals surface area contributed by atoms with Crippen molar-refractivity contribution >= 4 is 11.8 Å². The molecule has 1 aliphatic rings. The number of nitrogens with zero attached hydrogens (tertiary/aromatic N) is 2. The van der Waals surface area contributed by atoms with Crippen molar-refractivity contribution in [3.8, 4) is 0 Å². The van der Waals surface area contributed by atoms with Gasteiger partial charge in [0.2, 0.25) is 0 Å². The average Bonchev–Trinajstić information content (AvgIpc) is 3.09. The zero-order valence-corrected chi connectivity index (χ0v) is 13.4. The van der Waals surface area contributed by atoms with Gasteiger partial charge in [-0.2, -0.15) is 11.8 Å². The average molecular weight is 301 g/mol. The number of hydrogen-bond acceptors (Lipinski definition) is 3. The number of nitrogens with two attached hydrogens (primary N) is 1. The first-order valence-electron chi connectivity index (χ1n) is 7.60. The Kier molecular flexibility index (Phi) is 4.36. The number of aromatic nitrogens is 2. The van der Waals surface area contributed by atoms with Gasteiger partial charge in [-0.15, -0.1) is 0 Å². The Morgan fingerprint density at radius 3 is 2.90 bits per heavy atom. The number of thioether (sulfide) groups is 1. The second-order valence-electron chi connectivity index (χ2n) is 6.14. The molecule has 1 saturated heterocycles. The van der Waals surface area contributed by atoms with Crippen molar-refractivity contribution in [2.24, 2.45) is 5.73 Å². The summed E-state index contributed by atoms with van der Waals surface area (Å²) in [6, 6.07) is 10.4. The first-order chi connectivity index (χ1) is 10.2. The maximum Gasteiger partial charge on any atom is 0.0949 e. The van der Waals surface area contributed by atoms with Gasteiger partial charge in [-0.3, -0.25) is 0 Å². The minimum absolute atomic E-state index is 0.00454. The van der Waals surface area contributed by atoms with E-state index in [0.29, 0.717) is 4.75 Å². The van der Waals surface area contributed by atoms with Crippen LogP contribution in [0.4, 0.5) is 0 Å². The molecule has 0 bridgehead atoms. The van der Waals surface area contributed by atoms with Gasteiger partial charge in [0.15, 0.2) is 0 Å². The molecule has 1 fully saturated rings. The fourth-order valence-corrected chi connectivity index (χ4v) is 4.37. The minimum Gasteiger partial charge on any atom is -0.332 e. The Hall–Kier alpha value is -1.26. The third-order valence-electron chi connectivity index (χ3n) is 4.23. The molecule has 4 heteroatoms. The van der Waals surface area contributed by atoms with Crippen molar-refractivity contribution in [1.82, 2.24) is 9.55 Å². The van der Waals surface area contributed by atoms with Crippen LogP contribution in [0, 0.1) is 0 Å². The molecule has 21 heavy (non-hydrogen) atoms. The van der Waals surface area contributed by atoms with Crippen molar-refractivity contribution in [2.75, 3.05) is 5.75 Å². The van der Waals surface area contributed by atoms with Gasteiger partial charge in [0, 0.05) is 17.5 Å². The lowest BCUT2D eigenvalue weighted by molar-refractivity contribution is 0.486. The maximum atomic E-state index is 6.42. The highest BCUT2D eigenvalue weighted by atomic mass is 32.2. The van der Waals surface area contributed by atoms with Crippen molar-refractivity contribution < 1.29 is 0 Å². The molecule has 3 nitrogen and oxygen atoms in total. The first kappa shape index (κ1) is 14.7. The number of rotatable bonds is 5. The fourth-order valence-electron chi connectivity index (χ4n) is 3.07. The van der Waals surface area contributed by atoms with Gasteiger partial charge < -0.3 is 10.3 Å². The van der Waals surface area contributed by atoms with Crippen molar-refractivity contribution in [1.29, 1.82) is 0 Å². The summed E-state index contributed by atoms with van der Waals surface area (Å²) in [5.74, 6) is 1.27. The summed E-state index contributed by atoms with van der Waals surface area (Å²) in [5.41, 5.74) is 8.84. The predicted octanol–water partition coefficient (Wildman–Crippen LogP) is 3.41. The van der Waals surface area contributed by atoms with Gasteiger partial charge in [-0.25, -0.2) is 4.98 Å². The molecule has 1 aromatic heterocycles. The highest BCUT2D eigenvalue weighted by Gasteiger charge is 2.30. The second kappa shape index (κ2) is 6.24. The molecule has 2 atom stereocenters. The summed E-state index contributed by atoms with van der Waals surface area (Å²) in [5, 5.41) is 0. The van der Waals surface area contributed by atoms with Crippen LogP contribution in [0.15, 0.2) is 42.9 Å². The third-order valence-corrected chi connectivity index (χ3v) is 5.75. The van der Waals surface area contributed by atoms with Crippen LogP contribution in [0.25, 0.3) is 0 Å². The Labute approximate surface area is 131 Å². The lowest BCUT2D eigenvalue weighted by atomic mass is 10.0. The topological polar surface area (TPSA) is 43.8 Å². The van der Waals surface area contributed by atoms with Gasteiger partial charge in [0.05, 0.1) is 18.1 Å². The Bertz CT molecular complexity index is 573.